The molecule has 0 spiro atoms. The molecule has 1 N–H and O–H groups in total. The van der Waals surface area contributed by atoms with Gasteiger partial charge in [-0.3, -0.25) is 9.59 Å². The van der Waals surface area contributed by atoms with Crippen molar-refractivity contribution in [1.82, 2.24) is 20.1 Å². The maximum atomic E-state index is 12.9. The average molecular weight is 385 g/mol. The van der Waals surface area contributed by atoms with Crippen LogP contribution >= 0.6 is 11.3 Å². The minimum atomic E-state index is -0.245. The van der Waals surface area contributed by atoms with Gasteiger partial charge in [0.25, 0.3) is 5.56 Å². The Morgan fingerprint density at radius 2 is 1.89 bits per heavy atom. The minimum Gasteiger partial charge on any atom is -0.338 e. The van der Waals surface area contributed by atoms with E-state index in [9.17, 15) is 9.59 Å². The van der Waals surface area contributed by atoms with E-state index in [0.29, 0.717) is 22.4 Å². The van der Waals surface area contributed by atoms with E-state index in [0.717, 1.165) is 15.6 Å². The van der Waals surface area contributed by atoms with Gasteiger partial charge in [-0.05, 0) is 19.9 Å². The number of carbonyl (C=O) groups excluding carboxylic acids is 1. The van der Waals surface area contributed by atoms with Crippen LogP contribution in [-0.4, -0.2) is 33.0 Å². The standard InChI is InChI=1S/C20H24N4O2S/c1-11(2)20-21-12(3)18(27-20)13(4)24(5)17(25)10-16-14-8-6-7-9-15(14)19(26)23-22-16/h6-9,11,13H,10H2,1-5H3,(H,23,26). The van der Waals surface area contributed by atoms with Crippen molar-refractivity contribution >= 4 is 28.0 Å². The van der Waals surface area contributed by atoms with Crippen LogP contribution in [0.3, 0.4) is 0 Å². The van der Waals surface area contributed by atoms with Crippen molar-refractivity contribution in [3.8, 4) is 0 Å². The maximum absolute atomic E-state index is 12.9. The largest absolute Gasteiger partial charge is 0.338 e. The molecule has 3 rings (SSSR count). The Labute approximate surface area is 162 Å². The topological polar surface area (TPSA) is 79.0 Å². The lowest BCUT2D eigenvalue weighted by Crippen LogP contribution is -2.31. The van der Waals surface area contributed by atoms with Gasteiger partial charge in [-0.2, -0.15) is 5.10 Å². The van der Waals surface area contributed by atoms with Gasteiger partial charge < -0.3 is 4.90 Å². The molecule has 0 aliphatic heterocycles. The molecule has 6 nitrogen and oxygen atoms in total. The van der Waals surface area contributed by atoms with E-state index in [4.69, 9.17) is 0 Å². The Morgan fingerprint density at radius 3 is 2.52 bits per heavy atom. The summed E-state index contributed by atoms with van der Waals surface area (Å²) in [5, 5.41) is 8.95. The van der Waals surface area contributed by atoms with Crippen LogP contribution in [0.4, 0.5) is 0 Å². The first-order chi connectivity index (χ1) is 12.8. The van der Waals surface area contributed by atoms with E-state index in [1.54, 1.807) is 35.4 Å². The molecule has 7 heteroatoms. The molecule has 0 fully saturated rings. The number of hydrogen-bond acceptors (Lipinski definition) is 5. The number of aromatic nitrogens is 3. The lowest BCUT2D eigenvalue weighted by molar-refractivity contribution is -0.131. The fraction of sp³-hybridized carbons (Fsp3) is 0.400. The van der Waals surface area contributed by atoms with Crippen molar-refractivity contribution in [1.29, 1.82) is 0 Å². The normalized spacial score (nSPS) is 12.5. The summed E-state index contributed by atoms with van der Waals surface area (Å²) in [6, 6.07) is 7.14. The van der Waals surface area contributed by atoms with Crippen LogP contribution in [0.25, 0.3) is 10.8 Å². The summed E-state index contributed by atoms with van der Waals surface area (Å²) in [5.41, 5.74) is 1.31. The number of H-pyrrole nitrogens is 1. The summed E-state index contributed by atoms with van der Waals surface area (Å²) >= 11 is 1.66. The Hall–Kier alpha value is -2.54. The third kappa shape index (κ3) is 3.78. The quantitative estimate of drug-likeness (QED) is 0.729. The number of rotatable bonds is 5. The minimum absolute atomic E-state index is 0.0499. The van der Waals surface area contributed by atoms with Gasteiger partial charge >= 0.3 is 0 Å². The van der Waals surface area contributed by atoms with Crippen molar-refractivity contribution in [3.63, 3.8) is 0 Å². The number of aryl methyl sites for hydroxylation is 1. The number of benzene rings is 1. The van der Waals surface area contributed by atoms with E-state index < -0.39 is 0 Å². The zero-order chi connectivity index (χ0) is 19.7. The second-order valence-corrected chi connectivity index (χ2v) is 8.12. The van der Waals surface area contributed by atoms with Gasteiger partial charge in [0.05, 0.1) is 34.2 Å². The van der Waals surface area contributed by atoms with Gasteiger partial charge in [-0.1, -0.05) is 32.0 Å². The van der Waals surface area contributed by atoms with Crippen LogP contribution in [0.2, 0.25) is 0 Å². The molecule has 0 saturated carbocycles. The zero-order valence-corrected chi connectivity index (χ0v) is 17.1. The van der Waals surface area contributed by atoms with Crippen molar-refractivity contribution in [2.24, 2.45) is 0 Å². The average Bonchev–Trinajstić information content (AvgIpc) is 3.05. The third-order valence-corrected chi connectivity index (χ3v) is 6.42. The fourth-order valence-corrected chi connectivity index (χ4v) is 4.20. The number of nitrogens with one attached hydrogen (secondary N) is 1. The molecule has 0 aliphatic rings. The van der Waals surface area contributed by atoms with Crippen molar-refractivity contribution in [2.45, 2.75) is 46.1 Å². The number of aromatic amines is 1. The molecule has 0 radical (unpaired) electrons. The highest BCUT2D eigenvalue weighted by molar-refractivity contribution is 7.11. The lowest BCUT2D eigenvalue weighted by atomic mass is 10.1. The first-order valence-corrected chi connectivity index (χ1v) is 9.80. The monoisotopic (exact) mass is 384 g/mol. The van der Waals surface area contributed by atoms with Gasteiger partial charge in [-0.25, -0.2) is 10.1 Å². The number of nitrogens with zero attached hydrogens (tertiary/aromatic N) is 3. The highest BCUT2D eigenvalue weighted by Gasteiger charge is 2.23. The van der Waals surface area contributed by atoms with E-state index >= 15 is 0 Å². The summed E-state index contributed by atoms with van der Waals surface area (Å²) < 4.78 is 0. The molecule has 1 atom stereocenters. The number of likely N-dealkylation sites (N-methyl/N-ethyl adjacent to an activating group) is 1. The van der Waals surface area contributed by atoms with Crippen molar-refractivity contribution < 1.29 is 4.79 Å². The molecule has 142 valence electrons. The molecule has 0 saturated heterocycles. The molecule has 1 amide bonds. The predicted octanol–water partition coefficient (Wildman–Crippen LogP) is 3.57. The lowest BCUT2D eigenvalue weighted by Gasteiger charge is -2.24. The second-order valence-electron chi connectivity index (χ2n) is 7.06. The summed E-state index contributed by atoms with van der Waals surface area (Å²) in [6.07, 6.45) is 0.132. The highest BCUT2D eigenvalue weighted by Crippen LogP contribution is 2.32. The highest BCUT2D eigenvalue weighted by atomic mass is 32.1. The van der Waals surface area contributed by atoms with Crippen LogP contribution in [0, 0.1) is 6.92 Å². The third-order valence-electron chi connectivity index (χ3n) is 4.79. The van der Waals surface area contributed by atoms with E-state index in [2.05, 4.69) is 29.0 Å². The number of thiazole rings is 1. The van der Waals surface area contributed by atoms with Crippen molar-refractivity contribution in [3.05, 3.63) is 55.9 Å². The van der Waals surface area contributed by atoms with Gasteiger partial charge in [0.2, 0.25) is 5.91 Å². The molecule has 3 aromatic rings. The Kier molecular flexibility index (Phi) is 5.41. The Morgan fingerprint density at radius 1 is 1.22 bits per heavy atom. The van der Waals surface area contributed by atoms with E-state index in [1.807, 2.05) is 26.0 Å². The van der Waals surface area contributed by atoms with E-state index in [1.165, 1.54) is 0 Å². The van der Waals surface area contributed by atoms with Gasteiger partial charge in [0, 0.05) is 23.2 Å². The maximum Gasteiger partial charge on any atom is 0.272 e. The molecule has 0 aliphatic carbocycles. The SMILES string of the molecule is Cc1nc(C(C)C)sc1C(C)N(C)C(=O)Cc1n[nH]c(=O)c2ccccc12. The Bertz CT molecular complexity index is 1040. The molecule has 27 heavy (non-hydrogen) atoms. The molecule has 2 aromatic heterocycles. The van der Waals surface area contributed by atoms with Gasteiger partial charge in [0.15, 0.2) is 0 Å². The molecule has 1 aromatic carbocycles. The molecular formula is C20H24N4O2S. The summed E-state index contributed by atoms with van der Waals surface area (Å²) in [6.45, 7) is 8.24. The first kappa shape index (κ1) is 19.2. The zero-order valence-electron chi connectivity index (χ0n) is 16.2. The smallest absolute Gasteiger partial charge is 0.272 e. The van der Waals surface area contributed by atoms with Crippen LogP contribution < -0.4 is 5.56 Å². The second kappa shape index (κ2) is 7.60. The molecule has 0 bridgehead atoms. The molecule has 2 heterocycles. The van der Waals surface area contributed by atoms with Crippen LogP contribution in [0.15, 0.2) is 29.1 Å². The summed E-state index contributed by atoms with van der Waals surface area (Å²) in [5.74, 6) is 0.318. The summed E-state index contributed by atoms with van der Waals surface area (Å²) in [7, 11) is 1.80. The van der Waals surface area contributed by atoms with Crippen molar-refractivity contribution in [2.75, 3.05) is 7.05 Å². The first-order valence-electron chi connectivity index (χ1n) is 8.98. The van der Waals surface area contributed by atoms with Gasteiger partial charge in [0.1, 0.15) is 0 Å². The van der Waals surface area contributed by atoms with E-state index in [-0.39, 0.29) is 23.9 Å². The molecule has 1 unspecified atom stereocenters. The summed E-state index contributed by atoms with van der Waals surface area (Å²) in [4.78, 5) is 32.3. The number of carbonyl (C=O) groups is 1. The predicted molar refractivity (Wildman–Crippen MR) is 108 cm³/mol. The number of hydrogen-bond donors (Lipinski definition) is 1. The molecular weight excluding hydrogens is 360 g/mol. The number of fused-ring (bicyclic) bond motifs is 1. The Balaban J connectivity index is 1.84. The van der Waals surface area contributed by atoms with Gasteiger partial charge in [-0.15, -0.1) is 11.3 Å². The number of amides is 1. The van der Waals surface area contributed by atoms with Crippen LogP contribution in [0.5, 0.6) is 0 Å². The van der Waals surface area contributed by atoms with Crippen LogP contribution in [0.1, 0.15) is 54.0 Å². The van der Waals surface area contributed by atoms with Crippen LogP contribution in [-0.2, 0) is 11.2 Å². The fourth-order valence-electron chi connectivity index (χ4n) is 3.03.